The Morgan fingerprint density at radius 2 is 2.04 bits per heavy atom. The second kappa shape index (κ2) is 6.32. The fourth-order valence-corrected chi connectivity index (χ4v) is 2.92. The third kappa shape index (κ3) is 2.77. The van der Waals surface area contributed by atoms with Gasteiger partial charge in [0.1, 0.15) is 18.1 Å². The number of rotatable bonds is 4. The first-order valence-electron chi connectivity index (χ1n) is 7.93. The molecule has 0 saturated carbocycles. The Morgan fingerprint density at radius 3 is 2.77 bits per heavy atom. The average Bonchev–Trinajstić information content (AvgIpc) is 3.16. The van der Waals surface area contributed by atoms with E-state index in [0.717, 1.165) is 22.6 Å². The molecule has 8 nitrogen and oxygen atoms in total. The Bertz CT molecular complexity index is 994. The number of non-ortho nitro benzene ring substituents is 1. The van der Waals surface area contributed by atoms with Gasteiger partial charge in [-0.1, -0.05) is 12.1 Å². The Kier molecular flexibility index (Phi) is 3.85. The summed E-state index contributed by atoms with van der Waals surface area (Å²) < 4.78 is 7.04. The van der Waals surface area contributed by atoms with Crippen LogP contribution in [-0.4, -0.2) is 26.8 Å². The lowest BCUT2D eigenvalue weighted by atomic mass is 10.0. The van der Waals surface area contributed by atoms with Crippen molar-refractivity contribution in [2.45, 2.75) is 6.04 Å². The zero-order valence-corrected chi connectivity index (χ0v) is 13.9. The van der Waals surface area contributed by atoms with Crippen LogP contribution in [0.25, 0.3) is 5.70 Å². The number of methoxy groups -OCH3 is 1. The van der Waals surface area contributed by atoms with Gasteiger partial charge in [0.2, 0.25) is 5.95 Å². The minimum Gasteiger partial charge on any atom is -0.497 e. The number of hydrogen-bond donors (Lipinski definition) is 1. The highest BCUT2D eigenvalue weighted by molar-refractivity contribution is 5.77. The van der Waals surface area contributed by atoms with Crippen molar-refractivity contribution in [3.63, 3.8) is 0 Å². The van der Waals surface area contributed by atoms with Crippen molar-refractivity contribution in [2.75, 3.05) is 12.4 Å². The molecule has 2 aromatic carbocycles. The first-order valence-corrected chi connectivity index (χ1v) is 7.93. The molecule has 1 atom stereocenters. The average molecular weight is 349 g/mol. The predicted octanol–water partition coefficient (Wildman–Crippen LogP) is 3.25. The second-order valence-electron chi connectivity index (χ2n) is 5.76. The number of benzene rings is 2. The lowest BCUT2D eigenvalue weighted by Gasteiger charge is -2.24. The molecule has 3 aromatic rings. The van der Waals surface area contributed by atoms with Gasteiger partial charge in [0.25, 0.3) is 5.69 Å². The SMILES string of the molecule is COc1cccc(C2=C[C@H](c3ccc([N+](=O)[O-])cc3)n3ncnc3N2)c1. The van der Waals surface area contributed by atoms with E-state index in [0.29, 0.717) is 5.95 Å². The molecule has 0 bridgehead atoms. The van der Waals surface area contributed by atoms with Gasteiger partial charge in [-0.05, 0) is 35.9 Å². The molecular weight excluding hydrogens is 334 g/mol. The largest absolute Gasteiger partial charge is 0.497 e. The molecule has 1 aliphatic heterocycles. The highest BCUT2D eigenvalue weighted by atomic mass is 16.6. The van der Waals surface area contributed by atoms with Gasteiger partial charge in [0.15, 0.2) is 0 Å². The number of nitro benzene ring substituents is 1. The number of nitrogens with one attached hydrogen (secondary N) is 1. The van der Waals surface area contributed by atoms with Crippen molar-refractivity contribution >= 4 is 17.3 Å². The zero-order chi connectivity index (χ0) is 18.1. The summed E-state index contributed by atoms with van der Waals surface area (Å²) in [7, 11) is 1.62. The van der Waals surface area contributed by atoms with E-state index in [1.165, 1.54) is 18.5 Å². The first kappa shape index (κ1) is 15.8. The maximum absolute atomic E-state index is 10.9. The topological polar surface area (TPSA) is 95.1 Å². The van der Waals surface area contributed by atoms with Crippen LogP contribution in [0.1, 0.15) is 17.2 Å². The Balaban J connectivity index is 1.76. The van der Waals surface area contributed by atoms with Crippen molar-refractivity contribution < 1.29 is 9.66 Å². The summed E-state index contributed by atoms with van der Waals surface area (Å²) in [6.45, 7) is 0. The molecule has 130 valence electrons. The number of hydrogen-bond acceptors (Lipinski definition) is 6. The van der Waals surface area contributed by atoms with Crippen molar-refractivity contribution in [3.8, 4) is 5.75 Å². The normalized spacial score (nSPS) is 15.6. The maximum Gasteiger partial charge on any atom is 0.269 e. The van der Waals surface area contributed by atoms with Crippen LogP contribution in [0, 0.1) is 10.1 Å². The maximum atomic E-state index is 10.9. The molecule has 1 N–H and O–H groups in total. The molecule has 0 fully saturated rings. The first-order chi connectivity index (χ1) is 12.7. The van der Waals surface area contributed by atoms with Crippen LogP contribution in [-0.2, 0) is 0 Å². The number of allylic oxidation sites excluding steroid dienone is 1. The van der Waals surface area contributed by atoms with E-state index in [4.69, 9.17) is 4.74 Å². The van der Waals surface area contributed by atoms with Gasteiger partial charge in [0, 0.05) is 23.4 Å². The van der Waals surface area contributed by atoms with Gasteiger partial charge in [-0.25, -0.2) is 4.68 Å². The summed E-state index contributed by atoms with van der Waals surface area (Å²) in [6.07, 6.45) is 3.49. The quantitative estimate of drug-likeness (QED) is 0.574. The van der Waals surface area contributed by atoms with Gasteiger partial charge in [-0.2, -0.15) is 10.1 Å². The number of ether oxygens (including phenoxy) is 1. The lowest BCUT2D eigenvalue weighted by Crippen LogP contribution is -2.20. The van der Waals surface area contributed by atoms with Crippen LogP contribution in [0.5, 0.6) is 5.75 Å². The molecular formula is C18H15N5O3. The van der Waals surface area contributed by atoms with Crippen molar-refractivity contribution in [1.29, 1.82) is 0 Å². The highest BCUT2D eigenvalue weighted by Gasteiger charge is 2.24. The third-order valence-electron chi connectivity index (χ3n) is 4.23. The van der Waals surface area contributed by atoms with Crippen LogP contribution in [0.4, 0.5) is 11.6 Å². The van der Waals surface area contributed by atoms with Crippen molar-refractivity contribution in [2.24, 2.45) is 0 Å². The summed E-state index contributed by atoms with van der Waals surface area (Å²) >= 11 is 0. The molecule has 26 heavy (non-hydrogen) atoms. The highest BCUT2D eigenvalue weighted by Crippen LogP contribution is 2.33. The van der Waals surface area contributed by atoms with Crippen LogP contribution in [0.15, 0.2) is 60.9 Å². The fourth-order valence-electron chi connectivity index (χ4n) is 2.92. The molecule has 0 radical (unpaired) electrons. The van der Waals surface area contributed by atoms with E-state index >= 15 is 0 Å². The molecule has 0 spiro atoms. The van der Waals surface area contributed by atoms with E-state index in [1.54, 1.807) is 23.9 Å². The zero-order valence-electron chi connectivity index (χ0n) is 13.9. The van der Waals surface area contributed by atoms with Crippen molar-refractivity contribution in [3.05, 3.63) is 82.2 Å². The van der Waals surface area contributed by atoms with Crippen LogP contribution in [0.3, 0.4) is 0 Å². The standard InChI is InChI=1S/C18H15N5O3/c1-26-15-4-2-3-13(9-15)16-10-17(22-18(21-16)19-11-20-22)12-5-7-14(8-6-12)23(24)25/h2-11,17H,1H3,(H,19,20,21)/t17-/m1/s1. The molecule has 0 aliphatic carbocycles. The molecule has 1 aliphatic rings. The van der Waals surface area contributed by atoms with Crippen molar-refractivity contribution in [1.82, 2.24) is 14.8 Å². The minimum absolute atomic E-state index is 0.0542. The Labute approximate surface area is 148 Å². The van der Waals surface area contributed by atoms with E-state index in [-0.39, 0.29) is 11.7 Å². The Morgan fingerprint density at radius 1 is 1.23 bits per heavy atom. The molecule has 2 heterocycles. The van der Waals surface area contributed by atoms with Crippen LogP contribution >= 0.6 is 0 Å². The van der Waals surface area contributed by atoms with Gasteiger partial charge in [-0.3, -0.25) is 10.1 Å². The molecule has 0 saturated heterocycles. The molecule has 0 unspecified atom stereocenters. The van der Waals surface area contributed by atoms with E-state index < -0.39 is 4.92 Å². The van der Waals surface area contributed by atoms with Crippen LogP contribution < -0.4 is 10.1 Å². The molecule has 4 rings (SSSR count). The molecule has 1 aromatic heterocycles. The summed E-state index contributed by atoms with van der Waals surface area (Å²) in [4.78, 5) is 14.7. The molecule has 8 heteroatoms. The van der Waals surface area contributed by atoms with Gasteiger partial charge >= 0.3 is 0 Å². The Hall–Kier alpha value is -3.68. The summed E-state index contributed by atoms with van der Waals surface area (Å²) in [5.41, 5.74) is 2.75. The predicted molar refractivity (Wildman–Crippen MR) is 95.9 cm³/mol. The number of fused-ring (bicyclic) bond motifs is 1. The number of nitrogens with zero attached hydrogens (tertiary/aromatic N) is 4. The monoisotopic (exact) mass is 349 g/mol. The van der Waals surface area contributed by atoms with Gasteiger partial charge in [-0.15, -0.1) is 0 Å². The summed E-state index contributed by atoms with van der Waals surface area (Å²) in [5, 5.41) is 18.4. The fraction of sp³-hybridized carbons (Fsp3) is 0.111. The van der Waals surface area contributed by atoms with Crippen LogP contribution in [0.2, 0.25) is 0 Å². The van der Waals surface area contributed by atoms with Gasteiger partial charge in [0.05, 0.1) is 12.0 Å². The minimum atomic E-state index is -0.412. The summed E-state index contributed by atoms with van der Waals surface area (Å²) in [6, 6.07) is 13.9. The second-order valence-corrected chi connectivity index (χ2v) is 5.76. The smallest absolute Gasteiger partial charge is 0.269 e. The lowest BCUT2D eigenvalue weighted by molar-refractivity contribution is -0.384. The number of aromatic nitrogens is 3. The molecule has 0 amide bonds. The third-order valence-corrected chi connectivity index (χ3v) is 4.23. The van der Waals surface area contributed by atoms with E-state index in [9.17, 15) is 10.1 Å². The van der Waals surface area contributed by atoms with E-state index in [1.807, 2.05) is 30.3 Å². The summed E-state index contributed by atoms with van der Waals surface area (Å²) in [5.74, 6) is 1.36. The number of anilines is 1. The van der Waals surface area contributed by atoms with Gasteiger partial charge < -0.3 is 10.1 Å². The number of nitro groups is 1. The van der Waals surface area contributed by atoms with E-state index in [2.05, 4.69) is 15.4 Å².